The molecule has 1 aromatic heterocycles. The second-order valence-corrected chi connectivity index (χ2v) is 5.97. The number of benzene rings is 2. The van der Waals surface area contributed by atoms with Crippen LogP contribution in [0.3, 0.4) is 0 Å². The largest absolute Gasteiger partial charge is 0.494 e. The van der Waals surface area contributed by atoms with Crippen molar-refractivity contribution in [1.82, 2.24) is 4.57 Å². The summed E-state index contributed by atoms with van der Waals surface area (Å²) in [6.45, 7) is 5.37. The third kappa shape index (κ3) is 4.01. The number of hydrogen-bond acceptors (Lipinski definition) is 3. The van der Waals surface area contributed by atoms with Gasteiger partial charge in [-0.2, -0.15) is 5.26 Å². The Morgan fingerprint density at radius 3 is 2.59 bits per heavy atom. The first-order valence-electron chi connectivity index (χ1n) is 8.90. The molecule has 0 atom stereocenters. The van der Waals surface area contributed by atoms with Crippen molar-refractivity contribution in [1.29, 1.82) is 5.26 Å². The van der Waals surface area contributed by atoms with Gasteiger partial charge in [-0.1, -0.05) is 18.2 Å². The zero-order valence-corrected chi connectivity index (χ0v) is 15.4. The highest BCUT2D eigenvalue weighted by Gasteiger charge is 2.12. The summed E-state index contributed by atoms with van der Waals surface area (Å²) in [4.78, 5) is 12.5. The van der Waals surface area contributed by atoms with Crippen LogP contribution in [-0.2, 0) is 11.3 Å². The monoisotopic (exact) mass is 359 g/mol. The van der Waals surface area contributed by atoms with Crippen molar-refractivity contribution in [3.8, 4) is 11.8 Å². The number of nitrogens with one attached hydrogen (secondary N) is 1. The molecule has 0 fully saturated rings. The number of nitrogens with zero attached hydrogens (tertiary/aromatic N) is 2. The lowest BCUT2D eigenvalue weighted by molar-refractivity contribution is -0.112. The number of rotatable bonds is 6. The number of aromatic nitrogens is 1. The first-order chi connectivity index (χ1) is 13.2. The SMILES string of the molecule is CCOc1ccc(NC(=O)/C(C#N)=C\c2cn(CC)c3ccccc23)cc1. The van der Waals surface area contributed by atoms with Crippen LogP contribution in [0.4, 0.5) is 5.69 Å². The predicted molar refractivity (Wildman–Crippen MR) is 107 cm³/mol. The van der Waals surface area contributed by atoms with E-state index in [0.29, 0.717) is 12.3 Å². The van der Waals surface area contributed by atoms with Crippen molar-refractivity contribution in [3.63, 3.8) is 0 Å². The minimum atomic E-state index is -0.435. The number of fused-ring (bicyclic) bond motifs is 1. The van der Waals surface area contributed by atoms with Crippen LogP contribution in [0, 0.1) is 11.3 Å². The van der Waals surface area contributed by atoms with Crippen LogP contribution in [0.2, 0.25) is 0 Å². The smallest absolute Gasteiger partial charge is 0.266 e. The maximum atomic E-state index is 12.5. The van der Waals surface area contributed by atoms with E-state index < -0.39 is 5.91 Å². The van der Waals surface area contributed by atoms with E-state index in [1.807, 2.05) is 43.5 Å². The Kier molecular flexibility index (Phi) is 5.58. The summed E-state index contributed by atoms with van der Waals surface area (Å²) in [5.41, 5.74) is 2.60. The number of hydrogen-bond donors (Lipinski definition) is 1. The molecule has 2 aromatic carbocycles. The van der Waals surface area contributed by atoms with E-state index in [1.165, 1.54) is 0 Å². The van der Waals surface area contributed by atoms with Crippen LogP contribution >= 0.6 is 0 Å². The van der Waals surface area contributed by atoms with Gasteiger partial charge in [0.2, 0.25) is 0 Å². The van der Waals surface area contributed by atoms with E-state index in [1.54, 1.807) is 30.3 Å². The van der Waals surface area contributed by atoms with Crippen LogP contribution in [0.5, 0.6) is 5.75 Å². The molecule has 0 aliphatic carbocycles. The van der Waals surface area contributed by atoms with E-state index in [2.05, 4.69) is 16.8 Å². The number of para-hydroxylation sites is 1. The third-order valence-electron chi connectivity index (χ3n) is 4.25. The van der Waals surface area contributed by atoms with Crippen LogP contribution < -0.4 is 10.1 Å². The Balaban J connectivity index is 1.86. The second kappa shape index (κ2) is 8.24. The lowest BCUT2D eigenvalue weighted by Gasteiger charge is -2.06. The van der Waals surface area contributed by atoms with Crippen molar-refractivity contribution < 1.29 is 9.53 Å². The topological polar surface area (TPSA) is 67.0 Å². The first kappa shape index (κ1) is 18.3. The maximum Gasteiger partial charge on any atom is 0.266 e. The molecule has 0 aliphatic rings. The van der Waals surface area contributed by atoms with Crippen LogP contribution in [0.25, 0.3) is 17.0 Å². The molecule has 3 aromatic rings. The number of carbonyl (C=O) groups excluding carboxylic acids is 1. The van der Waals surface area contributed by atoms with Crippen molar-refractivity contribution in [3.05, 3.63) is 65.9 Å². The summed E-state index contributed by atoms with van der Waals surface area (Å²) in [6, 6.07) is 17.0. The molecule has 1 N–H and O–H groups in total. The van der Waals surface area contributed by atoms with E-state index in [-0.39, 0.29) is 5.57 Å². The number of aryl methyl sites for hydroxylation is 1. The molecule has 0 bridgehead atoms. The number of amides is 1. The van der Waals surface area contributed by atoms with E-state index >= 15 is 0 Å². The average molecular weight is 359 g/mol. The fraction of sp³-hybridized carbons (Fsp3) is 0.182. The molecule has 0 saturated heterocycles. The van der Waals surface area contributed by atoms with Crippen molar-refractivity contribution >= 4 is 28.6 Å². The van der Waals surface area contributed by atoms with Gasteiger partial charge in [-0.3, -0.25) is 4.79 Å². The highest BCUT2D eigenvalue weighted by molar-refractivity contribution is 6.10. The fourth-order valence-corrected chi connectivity index (χ4v) is 2.96. The lowest BCUT2D eigenvalue weighted by atomic mass is 10.1. The van der Waals surface area contributed by atoms with Crippen LogP contribution in [-0.4, -0.2) is 17.1 Å². The summed E-state index contributed by atoms with van der Waals surface area (Å²) >= 11 is 0. The maximum absolute atomic E-state index is 12.5. The van der Waals surface area contributed by atoms with Gasteiger partial charge in [-0.25, -0.2) is 0 Å². The quantitative estimate of drug-likeness (QED) is 0.516. The van der Waals surface area contributed by atoms with Gasteiger partial charge in [0.05, 0.1) is 6.61 Å². The summed E-state index contributed by atoms with van der Waals surface area (Å²) in [5.74, 6) is 0.300. The number of nitriles is 1. The third-order valence-corrected chi connectivity index (χ3v) is 4.25. The molecule has 0 radical (unpaired) electrons. The second-order valence-electron chi connectivity index (χ2n) is 5.97. The number of anilines is 1. The van der Waals surface area contributed by atoms with Gasteiger partial charge in [0.25, 0.3) is 5.91 Å². The Bertz CT molecular complexity index is 1020. The van der Waals surface area contributed by atoms with E-state index in [9.17, 15) is 10.1 Å². The van der Waals surface area contributed by atoms with Gasteiger partial charge < -0.3 is 14.6 Å². The van der Waals surface area contributed by atoms with Gasteiger partial charge in [0, 0.05) is 34.9 Å². The zero-order chi connectivity index (χ0) is 19.2. The van der Waals surface area contributed by atoms with Gasteiger partial charge in [-0.15, -0.1) is 0 Å². The van der Waals surface area contributed by atoms with Crippen molar-refractivity contribution in [2.75, 3.05) is 11.9 Å². The van der Waals surface area contributed by atoms with E-state index in [0.717, 1.165) is 28.8 Å². The molecule has 1 amide bonds. The van der Waals surface area contributed by atoms with Gasteiger partial charge in [0.15, 0.2) is 0 Å². The van der Waals surface area contributed by atoms with Crippen molar-refractivity contribution in [2.24, 2.45) is 0 Å². The van der Waals surface area contributed by atoms with Crippen LogP contribution in [0.15, 0.2) is 60.3 Å². The molecular formula is C22H21N3O2. The molecule has 3 rings (SSSR count). The minimum absolute atomic E-state index is 0.0582. The highest BCUT2D eigenvalue weighted by Crippen LogP contribution is 2.24. The first-order valence-corrected chi connectivity index (χ1v) is 8.90. The summed E-state index contributed by atoms with van der Waals surface area (Å²) < 4.78 is 7.49. The normalized spacial score (nSPS) is 11.2. The van der Waals surface area contributed by atoms with Gasteiger partial charge >= 0.3 is 0 Å². The van der Waals surface area contributed by atoms with Gasteiger partial charge in [0.1, 0.15) is 17.4 Å². The van der Waals surface area contributed by atoms with E-state index in [4.69, 9.17) is 4.74 Å². The standard InChI is InChI=1S/C22H21N3O2/c1-3-25-15-17(20-7-5-6-8-21(20)25)13-16(14-23)22(26)24-18-9-11-19(12-10-18)27-4-2/h5-13,15H,3-4H2,1-2H3,(H,24,26)/b16-13-. The summed E-state index contributed by atoms with van der Waals surface area (Å²) in [7, 11) is 0. The highest BCUT2D eigenvalue weighted by atomic mass is 16.5. The molecule has 0 aliphatic heterocycles. The molecule has 0 spiro atoms. The Morgan fingerprint density at radius 2 is 1.93 bits per heavy atom. The molecule has 5 nitrogen and oxygen atoms in total. The fourth-order valence-electron chi connectivity index (χ4n) is 2.96. The average Bonchev–Trinajstić information content (AvgIpc) is 3.05. The number of ether oxygens (including phenoxy) is 1. The predicted octanol–water partition coefficient (Wildman–Crippen LogP) is 4.61. The Morgan fingerprint density at radius 1 is 1.19 bits per heavy atom. The minimum Gasteiger partial charge on any atom is -0.494 e. The van der Waals surface area contributed by atoms with Crippen LogP contribution in [0.1, 0.15) is 19.4 Å². The van der Waals surface area contributed by atoms with Gasteiger partial charge in [-0.05, 0) is 50.3 Å². The van der Waals surface area contributed by atoms with Crippen molar-refractivity contribution in [2.45, 2.75) is 20.4 Å². The summed E-state index contributed by atoms with van der Waals surface area (Å²) in [5, 5.41) is 13.3. The molecule has 27 heavy (non-hydrogen) atoms. The molecule has 0 saturated carbocycles. The lowest BCUT2D eigenvalue weighted by Crippen LogP contribution is -2.13. The Labute approximate surface area is 158 Å². The zero-order valence-electron chi connectivity index (χ0n) is 15.4. The number of carbonyl (C=O) groups is 1. The molecule has 136 valence electrons. The summed E-state index contributed by atoms with van der Waals surface area (Å²) in [6.07, 6.45) is 3.60. The molecule has 5 heteroatoms. The molecular weight excluding hydrogens is 338 g/mol. The Hall–Kier alpha value is -3.52. The molecule has 1 heterocycles. The molecule has 0 unspecified atom stereocenters.